The quantitative estimate of drug-likeness (QED) is 0.373. The second kappa shape index (κ2) is 10.6. The van der Waals surface area contributed by atoms with Gasteiger partial charge in [0, 0.05) is 17.9 Å². The predicted octanol–water partition coefficient (Wildman–Crippen LogP) is 7.74. The lowest BCUT2D eigenvalue weighted by molar-refractivity contribution is 0.0697. The maximum absolute atomic E-state index is 13.4. The van der Waals surface area contributed by atoms with Gasteiger partial charge in [0.05, 0.1) is 5.56 Å². The van der Waals surface area contributed by atoms with E-state index in [1.807, 2.05) is 4.90 Å². The number of carbonyl (C=O) groups excluding carboxylic acids is 1. The van der Waals surface area contributed by atoms with Gasteiger partial charge in [-0.05, 0) is 77.6 Å². The van der Waals surface area contributed by atoms with Crippen LogP contribution in [-0.4, -0.2) is 23.7 Å². The van der Waals surface area contributed by atoms with Gasteiger partial charge in [-0.3, -0.25) is 4.90 Å². The van der Waals surface area contributed by atoms with Crippen molar-refractivity contribution in [2.75, 3.05) is 16.8 Å². The zero-order valence-corrected chi connectivity index (χ0v) is 21.4. The van der Waals surface area contributed by atoms with E-state index in [1.54, 1.807) is 12.1 Å². The van der Waals surface area contributed by atoms with Crippen molar-refractivity contribution in [1.29, 1.82) is 0 Å². The highest BCUT2D eigenvalue weighted by Gasteiger charge is 2.37. The lowest BCUT2D eigenvalue weighted by atomic mass is 9.63. The molecule has 184 valence electrons. The SMILES string of the molecule is CCCCCCCN(C(=O)Nc1ccc(C(=O)O)cc1)c1ccc2c(c1)C(C)(C)CCC2(C)C. The Bertz CT molecular complexity index is 1010. The molecule has 2 aromatic rings. The highest BCUT2D eigenvalue weighted by molar-refractivity contribution is 6.02. The zero-order chi connectivity index (χ0) is 24.9. The van der Waals surface area contributed by atoms with E-state index in [0.29, 0.717) is 12.2 Å². The molecule has 0 radical (unpaired) electrons. The summed E-state index contributed by atoms with van der Waals surface area (Å²) >= 11 is 0. The Balaban J connectivity index is 1.88. The number of aromatic carboxylic acids is 1. The monoisotopic (exact) mass is 464 g/mol. The molecule has 0 spiro atoms. The predicted molar refractivity (Wildman–Crippen MR) is 140 cm³/mol. The summed E-state index contributed by atoms with van der Waals surface area (Å²) in [6.45, 7) is 12.0. The molecule has 1 aliphatic rings. The van der Waals surface area contributed by atoms with Gasteiger partial charge in [-0.2, -0.15) is 0 Å². The summed E-state index contributed by atoms with van der Waals surface area (Å²) in [4.78, 5) is 26.4. The molecule has 0 fully saturated rings. The molecular formula is C29H40N2O3. The fraction of sp³-hybridized carbons (Fsp3) is 0.517. The first-order valence-electron chi connectivity index (χ1n) is 12.6. The van der Waals surface area contributed by atoms with Gasteiger partial charge >= 0.3 is 12.0 Å². The van der Waals surface area contributed by atoms with Crippen molar-refractivity contribution in [3.05, 3.63) is 59.2 Å². The lowest BCUT2D eigenvalue weighted by Gasteiger charge is -2.42. The van der Waals surface area contributed by atoms with Crippen molar-refractivity contribution in [3.8, 4) is 0 Å². The van der Waals surface area contributed by atoms with Crippen LogP contribution in [0.4, 0.5) is 16.2 Å². The molecule has 34 heavy (non-hydrogen) atoms. The van der Waals surface area contributed by atoms with Crippen LogP contribution in [-0.2, 0) is 10.8 Å². The number of nitrogens with zero attached hydrogens (tertiary/aromatic N) is 1. The number of rotatable bonds is 9. The molecule has 0 aliphatic heterocycles. The molecule has 2 amide bonds. The minimum absolute atomic E-state index is 0.0663. The van der Waals surface area contributed by atoms with Gasteiger partial charge in [-0.1, -0.05) is 66.4 Å². The Morgan fingerprint density at radius 2 is 1.50 bits per heavy atom. The molecule has 0 unspecified atom stereocenters. The fourth-order valence-electron chi connectivity index (χ4n) is 4.85. The van der Waals surface area contributed by atoms with Crippen molar-refractivity contribution < 1.29 is 14.7 Å². The van der Waals surface area contributed by atoms with Crippen LogP contribution in [0.2, 0.25) is 0 Å². The molecule has 1 aliphatic carbocycles. The summed E-state index contributed by atoms with van der Waals surface area (Å²) in [5.74, 6) is -0.980. The zero-order valence-electron chi connectivity index (χ0n) is 21.4. The van der Waals surface area contributed by atoms with Crippen LogP contribution < -0.4 is 10.2 Å². The molecular weight excluding hydrogens is 424 g/mol. The summed E-state index contributed by atoms with van der Waals surface area (Å²) in [5, 5.41) is 12.1. The highest BCUT2D eigenvalue weighted by atomic mass is 16.4. The maximum Gasteiger partial charge on any atom is 0.335 e. The molecule has 5 nitrogen and oxygen atoms in total. The van der Waals surface area contributed by atoms with Gasteiger partial charge in [0.15, 0.2) is 0 Å². The average molecular weight is 465 g/mol. The Morgan fingerprint density at radius 1 is 0.882 bits per heavy atom. The van der Waals surface area contributed by atoms with Crippen molar-refractivity contribution in [1.82, 2.24) is 0 Å². The van der Waals surface area contributed by atoms with E-state index in [-0.39, 0.29) is 22.4 Å². The summed E-state index contributed by atoms with van der Waals surface area (Å²) in [7, 11) is 0. The van der Waals surface area contributed by atoms with Gasteiger partial charge < -0.3 is 10.4 Å². The van der Waals surface area contributed by atoms with Crippen LogP contribution in [0.25, 0.3) is 0 Å². The number of carboxylic acids is 1. The summed E-state index contributed by atoms with van der Waals surface area (Å²) in [6.07, 6.45) is 7.88. The molecule has 0 aromatic heterocycles. The number of hydrogen-bond acceptors (Lipinski definition) is 2. The second-order valence-electron chi connectivity index (χ2n) is 10.9. The van der Waals surface area contributed by atoms with Crippen molar-refractivity contribution in [2.24, 2.45) is 0 Å². The third-order valence-electron chi connectivity index (χ3n) is 7.26. The third-order valence-corrected chi connectivity index (χ3v) is 7.26. The molecule has 2 aromatic carbocycles. The van der Waals surface area contributed by atoms with Crippen LogP contribution in [0.15, 0.2) is 42.5 Å². The topological polar surface area (TPSA) is 69.6 Å². The van der Waals surface area contributed by atoms with E-state index in [1.165, 1.54) is 42.5 Å². The lowest BCUT2D eigenvalue weighted by Crippen LogP contribution is -2.37. The van der Waals surface area contributed by atoms with E-state index in [4.69, 9.17) is 5.11 Å². The largest absolute Gasteiger partial charge is 0.478 e. The fourth-order valence-corrected chi connectivity index (χ4v) is 4.85. The minimum Gasteiger partial charge on any atom is -0.478 e. The molecule has 2 N–H and O–H groups in total. The Hall–Kier alpha value is -2.82. The number of nitrogens with one attached hydrogen (secondary N) is 1. The number of anilines is 2. The van der Waals surface area contributed by atoms with E-state index < -0.39 is 5.97 Å². The highest BCUT2D eigenvalue weighted by Crippen LogP contribution is 2.46. The maximum atomic E-state index is 13.4. The van der Waals surface area contributed by atoms with Crippen LogP contribution >= 0.6 is 0 Å². The molecule has 0 heterocycles. The number of benzene rings is 2. The Morgan fingerprint density at radius 3 is 2.12 bits per heavy atom. The number of unbranched alkanes of at least 4 members (excludes halogenated alkanes) is 4. The summed E-state index contributed by atoms with van der Waals surface area (Å²) < 4.78 is 0. The van der Waals surface area contributed by atoms with Gasteiger partial charge in [0.1, 0.15) is 0 Å². The van der Waals surface area contributed by atoms with E-state index in [0.717, 1.165) is 31.4 Å². The van der Waals surface area contributed by atoms with Gasteiger partial charge in [-0.25, -0.2) is 9.59 Å². The van der Waals surface area contributed by atoms with Crippen LogP contribution in [0.3, 0.4) is 0 Å². The Kier molecular flexibility index (Phi) is 8.06. The van der Waals surface area contributed by atoms with Crippen molar-refractivity contribution in [2.45, 2.75) is 90.4 Å². The summed E-state index contributed by atoms with van der Waals surface area (Å²) in [5.41, 5.74) is 4.60. The smallest absolute Gasteiger partial charge is 0.335 e. The number of carbonyl (C=O) groups is 2. The second-order valence-corrected chi connectivity index (χ2v) is 10.9. The van der Waals surface area contributed by atoms with Gasteiger partial charge in [0.25, 0.3) is 0 Å². The molecule has 3 rings (SSSR count). The third kappa shape index (κ3) is 5.99. The molecule has 0 atom stereocenters. The Labute approximate surface area is 204 Å². The van der Waals surface area contributed by atoms with Gasteiger partial charge in [-0.15, -0.1) is 0 Å². The van der Waals surface area contributed by atoms with E-state index in [9.17, 15) is 9.59 Å². The van der Waals surface area contributed by atoms with Crippen molar-refractivity contribution in [3.63, 3.8) is 0 Å². The summed E-state index contributed by atoms with van der Waals surface area (Å²) in [6, 6.07) is 12.6. The number of urea groups is 1. The first-order valence-corrected chi connectivity index (χ1v) is 12.6. The van der Waals surface area contributed by atoms with Crippen molar-refractivity contribution >= 4 is 23.4 Å². The number of carboxylic acid groups (broad SMARTS) is 1. The first-order chi connectivity index (χ1) is 16.0. The normalized spacial score (nSPS) is 15.9. The van der Waals surface area contributed by atoms with Crippen LogP contribution in [0.5, 0.6) is 0 Å². The first kappa shape index (κ1) is 25.8. The van der Waals surface area contributed by atoms with E-state index in [2.05, 4.69) is 58.1 Å². The molecule has 0 saturated carbocycles. The molecule has 0 bridgehead atoms. The average Bonchev–Trinajstić information content (AvgIpc) is 2.79. The number of amides is 2. The number of hydrogen-bond donors (Lipinski definition) is 2. The van der Waals surface area contributed by atoms with E-state index >= 15 is 0 Å². The van der Waals surface area contributed by atoms with Crippen LogP contribution in [0, 0.1) is 0 Å². The van der Waals surface area contributed by atoms with Crippen LogP contribution in [0.1, 0.15) is 101 Å². The van der Waals surface area contributed by atoms with Gasteiger partial charge in [0.2, 0.25) is 0 Å². The standard InChI is InChI=1S/C29H40N2O3/c1-6-7-8-9-10-19-31(27(34)30-22-13-11-21(12-14-22)26(32)33)23-15-16-24-25(20-23)29(4,5)18-17-28(24,2)3/h11-16,20H,6-10,17-19H2,1-5H3,(H,30,34)(H,32,33). The molecule has 5 heteroatoms. The minimum atomic E-state index is -0.980. The molecule has 0 saturated heterocycles. The number of fused-ring (bicyclic) bond motifs is 1.